The number of aromatic nitrogens is 4. The summed E-state index contributed by atoms with van der Waals surface area (Å²) in [5.74, 6) is 6.12. The van der Waals surface area contributed by atoms with E-state index in [0.717, 1.165) is 0 Å². The average molecular weight is 484 g/mol. The van der Waals surface area contributed by atoms with Crippen LogP contribution in [0.3, 0.4) is 0 Å². The second kappa shape index (κ2) is 10.1. The monoisotopic (exact) mass is 483 g/mol. The third-order valence-corrected chi connectivity index (χ3v) is 5.74. The van der Waals surface area contributed by atoms with Crippen LogP contribution in [0.25, 0.3) is 16.8 Å². The number of carbonyl (C=O) groups is 2. The first-order valence-electron chi connectivity index (χ1n) is 11.1. The number of nitrogens with two attached hydrogens (primary N) is 1. The second-order valence-corrected chi connectivity index (χ2v) is 7.90. The van der Waals surface area contributed by atoms with Crippen molar-refractivity contribution < 1.29 is 14.3 Å². The number of pyridine rings is 1. The zero-order chi connectivity index (χ0) is 25.8. The van der Waals surface area contributed by atoms with Gasteiger partial charge in [-0.2, -0.15) is 0 Å². The normalized spacial score (nSPS) is 11.3. The van der Waals surface area contributed by atoms with Crippen molar-refractivity contribution in [2.75, 3.05) is 25.2 Å². The predicted molar refractivity (Wildman–Crippen MR) is 136 cm³/mol. The van der Waals surface area contributed by atoms with Gasteiger partial charge in [-0.05, 0) is 44.0 Å². The molecule has 1 aromatic carbocycles. The molecule has 0 aliphatic carbocycles. The molecule has 0 radical (unpaired) electrons. The minimum absolute atomic E-state index is 0.275. The lowest BCUT2D eigenvalue weighted by molar-refractivity contribution is -0.125. The zero-order valence-electron chi connectivity index (χ0n) is 20.3. The Hall–Kier alpha value is -4.91. The van der Waals surface area contributed by atoms with Gasteiger partial charge in [0.05, 0.1) is 18.7 Å². The molecule has 0 aliphatic rings. The van der Waals surface area contributed by atoms with E-state index in [0.29, 0.717) is 39.7 Å². The summed E-state index contributed by atoms with van der Waals surface area (Å²) in [5, 5.41) is 2.76. The van der Waals surface area contributed by atoms with Crippen LogP contribution in [0.2, 0.25) is 0 Å². The summed E-state index contributed by atoms with van der Waals surface area (Å²) in [6.45, 7) is 3.47. The van der Waals surface area contributed by atoms with E-state index in [2.05, 4.69) is 27.1 Å². The first kappa shape index (κ1) is 24.2. The summed E-state index contributed by atoms with van der Waals surface area (Å²) in [6, 6.07) is 9.96. The van der Waals surface area contributed by atoms with Crippen LogP contribution in [0, 0.1) is 11.8 Å². The Labute approximate surface area is 208 Å². The van der Waals surface area contributed by atoms with Crippen LogP contribution < -0.4 is 15.8 Å². The van der Waals surface area contributed by atoms with E-state index in [4.69, 9.17) is 15.5 Å². The standard InChI is InChI=1S/C26H25N7O3/c1-5-8-21(34)32(3)16(2)25-31-22(23-24(27)29-13-14-33(23)25)17-10-11-18(19(15-17)36-4)26(35)30-20-9-6-7-12-28-20/h6-7,9-16H,1-4H3,(H2,27,29)(H,28,30,35)/t16-/m0/s1. The predicted octanol–water partition coefficient (Wildman–Crippen LogP) is 3.18. The van der Waals surface area contributed by atoms with Gasteiger partial charge in [-0.25, -0.2) is 15.0 Å². The Bertz CT molecular complexity index is 1500. The van der Waals surface area contributed by atoms with Gasteiger partial charge >= 0.3 is 0 Å². The topological polar surface area (TPSA) is 128 Å². The van der Waals surface area contributed by atoms with Crippen LogP contribution in [0.1, 0.15) is 36.1 Å². The Balaban J connectivity index is 1.77. The molecule has 0 unspecified atom stereocenters. The highest BCUT2D eigenvalue weighted by Gasteiger charge is 2.25. The minimum atomic E-state index is -0.410. The van der Waals surface area contributed by atoms with Gasteiger partial charge in [0.15, 0.2) is 0 Å². The number of hydrogen-bond donors (Lipinski definition) is 2. The highest BCUT2D eigenvalue weighted by Crippen LogP contribution is 2.34. The van der Waals surface area contributed by atoms with Gasteiger partial charge in [-0.1, -0.05) is 18.1 Å². The largest absolute Gasteiger partial charge is 0.496 e. The second-order valence-electron chi connectivity index (χ2n) is 7.90. The number of methoxy groups -OCH3 is 1. The fourth-order valence-corrected chi connectivity index (χ4v) is 3.77. The molecular weight excluding hydrogens is 458 g/mol. The SMILES string of the molecule is CC#CC(=O)N(C)[C@@H](C)c1nc(-c2ccc(C(=O)Nc3ccccn3)c(OC)c2)c2c(N)nccn12. The molecule has 10 heteroatoms. The van der Waals surface area contributed by atoms with Crippen LogP contribution in [-0.4, -0.2) is 50.2 Å². The van der Waals surface area contributed by atoms with E-state index in [1.807, 2.05) is 6.92 Å². The first-order valence-corrected chi connectivity index (χ1v) is 11.1. The van der Waals surface area contributed by atoms with Crippen LogP contribution >= 0.6 is 0 Å². The molecule has 4 aromatic rings. The summed E-state index contributed by atoms with van der Waals surface area (Å²) in [4.78, 5) is 39.9. The molecule has 2 amide bonds. The number of rotatable bonds is 6. The number of nitrogens with zero attached hydrogens (tertiary/aromatic N) is 5. The quantitative estimate of drug-likeness (QED) is 0.403. The fourth-order valence-electron chi connectivity index (χ4n) is 3.77. The van der Waals surface area contributed by atoms with Gasteiger partial charge in [-0.15, -0.1) is 0 Å². The summed E-state index contributed by atoms with van der Waals surface area (Å²) >= 11 is 0. The number of nitrogens with one attached hydrogen (secondary N) is 1. The maximum atomic E-state index is 12.9. The Morgan fingerprint density at radius 3 is 2.69 bits per heavy atom. The Morgan fingerprint density at radius 1 is 1.19 bits per heavy atom. The smallest absolute Gasteiger partial charge is 0.298 e. The summed E-state index contributed by atoms with van der Waals surface area (Å²) < 4.78 is 7.33. The van der Waals surface area contributed by atoms with E-state index in [-0.39, 0.29) is 17.6 Å². The number of benzene rings is 1. The molecule has 36 heavy (non-hydrogen) atoms. The van der Waals surface area contributed by atoms with Crippen LogP contribution in [0.5, 0.6) is 5.75 Å². The summed E-state index contributed by atoms with van der Waals surface area (Å²) in [6.07, 6.45) is 4.91. The first-order chi connectivity index (χ1) is 17.3. The Kier molecular flexibility index (Phi) is 6.83. The molecule has 0 bridgehead atoms. The van der Waals surface area contributed by atoms with Gasteiger partial charge in [0.1, 0.15) is 34.4 Å². The highest BCUT2D eigenvalue weighted by molar-refractivity contribution is 6.06. The van der Waals surface area contributed by atoms with Crippen molar-refractivity contribution in [3.05, 3.63) is 66.4 Å². The lowest BCUT2D eigenvalue weighted by Crippen LogP contribution is -2.29. The molecule has 0 aliphatic heterocycles. The number of fused-ring (bicyclic) bond motifs is 1. The number of carbonyl (C=O) groups excluding carboxylic acids is 2. The molecule has 0 saturated heterocycles. The van der Waals surface area contributed by atoms with Gasteiger partial charge in [0.2, 0.25) is 0 Å². The molecular formula is C26H25N7O3. The van der Waals surface area contributed by atoms with Crippen LogP contribution in [-0.2, 0) is 4.79 Å². The number of nitrogen functional groups attached to an aromatic ring is 1. The van der Waals surface area contributed by atoms with E-state index >= 15 is 0 Å². The van der Waals surface area contributed by atoms with Crippen molar-refractivity contribution >= 4 is 29.0 Å². The van der Waals surface area contributed by atoms with Crippen molar-refractivity contribution in [3.8, 4) is 28.8 Å². The Morgan fingerprint density at radius 2 is 2.00 bits per heavy atom. The van der Waals surface area contributed by atoms with Crippen molar-refractivity contribution in [3.63, 3.8) is 0 Å². The van der Waals surface area contributed by atoms with Gasteiger partial charge < -0.3 is 20.7 Å². The molecule has 3 N–H and O–H groups in total. The van der Waals surface area contributed by atoms with Crippen LogP contribution in [0.15, 0.2) is 55.0 Å². The van der Waals surface area contributed by atoms with Gasteiger partial charge in [0.25, 0.3) is 11.8 Å². The van der Waals surface area contributed by atoms with Crippen molar-refractivity contribution in [2.45, 2.75) is 19.9 Å². The van der Waals surface area contributed by atoms with Gasteiger partial charge in [-0.3, -0.25) is 14.0 Å². The van der Waals surface area contributed by atoms with Crippen LogP contribution in [0.4, 0.5) is 11.6 Å². The minimum Gasteiger partial charge on any atom is -0.496 e. The molecule has 0 saturated carbocycles. The highest BCUT2D eigenvalue weighted by atomic mass is 16.5. The van der Waals surface area contributed by atoms with E-state index in [1.54, 1.807) is 73.4 Å². The van der Waals surface area contributed by atoms with Crippen molar-refractivity contribution in [1.29, 1.82) is 0 Å². The fraction of sp³-hybridized carbons (Fsp3) is 0.192. The van der Waals surface area contributed by atoms with E-state index in [1.165, 1.54) is 12.0 Å². The number of amides is 2. The molecule has 10 nitrogen and oxygen atoms in total. The summed E-state index contributed by atoms with van der Waals surface area (Å²) in [5.41, 5.74) is 8.37. The number of imidazole rings is 1. The average Bonchev–Trinajstić information content (AvgIpc) is 3.29. The third-order valence-electron chi connectivity index (χ3n) is 5.74. The molecule has 0 spiro atoms. The molecule has 3 aromatic heterocycles. The number of ether oxygens (including phenoxy) is 1. The van der Waals surface area contributed by atoms with Gasteiger partial charge in [0, 0.05) is 31.2 Å². The van der Waals surface area contributed by atoms with E-state index in [9.17, 15) is 9.59 Å². The number of hydrogen-bond acceptors (Lipinski definition) is 7. The van der Waals surface area contributed by atoms with Crippen molar-refractivity contribution in [2.24, 2.45) is 0 Å². The molecule has 182 valence electrons. The molecule has 1 atom stereocenters. The molecule has 3 heterocycles. The zero-order valence-corrected chi connectivity index (χ0v) is 20.3. The number of anilines is 2. The third kappa shape index (κ3) is 4.54. The summed E-state index contributed by atoms with van der Waals surface area (Å²) in [7, 11) is 3.15. The molecule has 4 rings (SSSR count). The maximum absolute atomic E-state index is 12.9. The van der Waals surface area contributed by atoms with E-state index < -0.39 is 6.04 Å². The molecule has 0 fully saturated rings. The lowest BCUT2D eigenvalue weighted by atomic mass is 10.1. The maximum Gasteiger partial charge on any atom is 0.298 e. The van der Waals surface area contributed by atoms with Crippen molar-refractivity contribution in [1.82, 2.24) is 24.3 Å². The lowest BCUT2D eigenvalue weighted by Gasteiger charge is -2.21.